The van der Waals surface area contributed by atoms with E-state index >= 15 is 0 Å². The topological polar surface area (TPSA) is 84.7 Å². The van der Waals surface area contributed by atoms with Crippen LogP contribution in [0.15, 0.2) is 23.3 Å². The van der Waals surface area contributed by atoms with Crippen molar-refractivity contribution in [3.63, 3.8) is 0 Å². The third-order valence-electron chi connectivity index (χ3n) is 5.44. The van der Waals surface area contributed by atoms with Gasteiger partial charge in [0.2, 0.25) is 5.91 Å². The average Bonchev–Trinajstić information content (AvgIpc) is 2.96. The SMILES string of the molecule is CCCCCCN1CC2(CCN(C(=O)Cn3cccnc3=O)CC2)OC1=O. The Morgan fingerprint density at radius 1 is 1.22 bits per heavy atom. The molecule has 148 valence electrons. The lowest BCUT2D eigenvalue weighted by Gasteiger charge is -2.37. The van der Waals surface area contributed by atoms with Gasteiger partial charge in [-0.25, -0.2) is 14.6 Å². The number of piperidine rings is 1. The molecule has 8 heteroatoms. The summed E-state index contributed by atoms with van der Waals surface area (Å²) in [5.41, 5.74) is -0.896. The second-order valence-corrected chi connectivity index (χ2v) is 7.44. The van der Waals surface area contributed by atoms with Crippen LogP contribution >= 0.6 is 0 Å². The number of amides is 2. The fourth-order valence-corrected chi connectivity index (χ4v) is 3.77. The average molecular weight is 376 g/mol. The largest absolute Gasteiger partial charge is 0.441 e. The van der Waals surface area contributed by atoms with Gasteiger partial charge >= 0.3 is 11.8 Å². The molecule has 0 bridgehead atoms. The Bertz CT molecular complexity index is 724. The number of likely N-dealkylation sites (tertiary alicyclic amines) is 1. The first-order valence-corrected chi connectivity index (χ1v) is 9.80. The van der Waals surface area contributed by atoms with Gasteiger partial charge in [0.25, 0.3) is 0 Å². The van der Waals surface area contributed by atoms with Gasteiger partial charge in [-0.05, 0) is 12.5 Å². The molecular formula is C19H28N4O4. The third-order valence-corrected chi connectivity index (χ3v) is 5.44. The number of nitrogens with zero attached hydrogens (tertiary/aromatic N) is 4. The van der Waals surface area contributed by atoms with E-state index in [-0.39, 0.29) is 18.5 Å². The van der Waals surface area contributed by atoms with E-state index < -0.39 is 11.3 Å². The van der Waals surface area contributed by atoms with Crippen LogP contribution in [0.4, 0.5) is 4.79 Å². The maximum atomic E-state index is 12.5. The minimum atomic E-state index is -0.468. The van der Waals surface area contributed by atoms with Crippen molar-refractivity contribution in [1.82, 2.24) is 19.4 Å². The summed E-state index contributed by atoms with van der Waals surface area (Å²) in [6.07, 6.45) is 8.51. The van der Waals surface area contributed by atoms with Crippen molar-refractivity contribution in [2.24, 2.45) is 0 Å². The Balaban J connectivity index is 1.49. The van der Waals surface area contributed by atoms with Crippen molar-refractivity contribution in [3.8, 4) is 0 Å². The molecule has 2 fully saturated rings. The molecule has 3 rings (SSSR count). The molecular weight excluding hydrogens is 348 g/mol. The molecule has 1 aromatic heterocycles. The Labute approximate surface area is 159 Å². The fraction of sp³-hybridized carbons (Fsp3) is 0.684. The van der Waals surface area contributed by atoms with E-state index in [9.17, 15) is 14.4 Å². The lowest BCUT2D eigenvalue weighted by molar-refractivity contribution is -0.135. The number of carbonyl (C=O) groups is 2. The van der Waals surface area contributed by atoms with E-state index in [2.05, 4.69) is 11.9 Å². The standard InChI is InChI=1S/C19H28N4O4/c1-2-3-4-5-10-23-15-19(27-18(23)26)7-12-21(13-8-19)16(24)14-22-11-6-9-20-17(22)25/h6,9,11H,2-5,7-8,10,12-15H2,1H3. The van der Waals surface area contributed by atoms with Crippen LogP contribution in [0, 0.1) is 0 Å². The third kappa shape index (κ3) is 4.67. The molecule has 0 aliphatic carbocycles. The lowest BCUT2D eigenvalue weighted by atomic mass is 9.91. The Kier molecular flexibility index (Phi) is 6.13. The van der Waals surface area contributed by atoms with E-state index in [1.807, 2.05) is 4.90 Å². The van der Waals surface area contributed by atoms with E-state index in [0.717, 1.165) is 19.4 Å². The summed E-state index contributed by atoms with van der Waals surface area (Å²) in [7, 11) is 0. The van der Waals surface area contributed by atoms with E-state index in [1.54, 1.807) is 17.2 Å². The molecule has 2 saturated heterocycles. The summed E-state index contributed by atoms with van der Waals surface area (Å²) >= 11 is 0. The number of unbranched alkanes of at least 4 members (excludes halogenated alkanes) is 3. The van der Waals surface area contributed by atoms with Gasteiger partial charge in [0.15, 0.2) is 0 Å². The first-order valence-electron chi connectivity index (χ1n) is 9.80. The highest BCUT2D eigenvalue weighted by molar-refractivity contribution is 5.76. The zero-order valence-electron chi connectivity index (χ0n) is 15.9. The maximum Gasteiger partial charge on any atom is 0.410 e. The smallest absolute Gasteiger partial charge is 0.410 e. The van der Waals surface area contributed by atoms with Gasteiger partial charge in [-0.15, -0.1) is 0 Å². The Morgan fingerprint density at radius 3 is 2.70 bits per heavy atom. The van der Waals surface area contributed by atoms with Crippen molar-refractivity contribution in [1.29, 1.82) is 0 Å². The lowest BCUT2D eigenvalue weighted by Crippen LogP contribution is -2.49. The minimum Gasteiger partial charge on any atom is -0.441 e. The molecule has 1 aromatic rings. The van der Waals surface area contributed by atoms with Gasteiger partial charge in [0.1, 0.15) is 12.1 Å². The van der Waals surface area contributed by atoms with E-state index in [1.165, 1.54) is 23.6 Å². The van der Waals surface area contributed by atoms with Gasteiger partial charge < -0.3 is 14.5 Å². The van der Waals surface area contributed by atoms with E-state index in [4.69, 9.17) is 4.74 Å². The summed E-state index contributed by atoms with van der Waals surface area (Å²) in [5.74, 6) is -0.110. The van der Waals surface area contributed by atoms with Gasteiger partial charge in [0, 0.05) is 44.9 Å². The van der Waals surface area contributed by atoms with Gasteiger partial charge in [-0.3, -0.25) is 9.36 Å². The molecule has 0 unspecified atom stereocenters. The van der Waals surface area contributed by atoms with Gasteiger partial charge in [-0.2, -0.15) is 0 Å². The predicted molar refractivity (Wildman–Crippen MR) is 99.2 cm³/mol. The molecule has 0 N–H and O–H groups in total. The van der Waals surface area contributed by atoms with E-state index in [0.29, 0.717) is 32.5 Å². The first-order chi connectivity index (χ1) is 13.0. The van der Waals surface area contributed by atoms with Crippen LogP contribution in [0.5, 0.6) is 0 Å². The highest BCUT2D eigenvalue weighted by Gasteiger charge is 2.47. The number of ether oxygens (including phenoxy) is 1. The summed E-state index contributed by atoms with van der Waals surface area (Å²) in [6.45, 7) is 4.58. The zero-order chi connectivity index (χ0) is 19.3. The van der Waals surface area contributed by atoms with Crippen molar-refractivity contribution in [3.05, 3.63) is 28.9 Å². The highest BCUT2D eigenvalue weighted by atomic mass is 16.6. The fourth-order valence-electron chi connectivity index (χ4n) is 3.77. The number of rotatable bonds is 7. The van der Waals surface area contributed by atoms with Crippen LogP contribution in [0.3, 0.4) is 0 Å². The van der Waals surface area contributed by atoms with Crippen molar-refractivity contribution < 1.29 is 14.3 Å². The molecule has 8 nitrogen and oxygen atoms in total. The summed E-state index contributed by atoms with van der Waals surface area (Å²) in [5, 5.41) is 0. The molecule has 1 spiro atoms. The molecule has 3 heterocycles. The van der Waals surface area contributed by atoms with Crippen LogP contribution in [0.2, 0.25) is 0 Å². The number of carbonyl (C=O) groups excluding carboxylic acids is 2. The minimum absolute atomic E-state index is 0.0109. The molecule has 2 aliphatic heterocycles. The maximum absolute atomic E-state index is 12.5. The summed E-state index contributed by atoms with van der Waals surface area (Å²) in [6, 6.07) is 1.63. The second kappa shape index (κ2) is 8.54. The quantitative estimate of drug-likeness (QED) is 0.676. The predicted octanol–water partition coefficient (Wildman–Crippen LogP) is 1.64. The van der Waals surface area contributed by atoms with Crippen LogP contribution in [-0.4, -0.2) is 63.1 Å². The molecule has 0 aromatic carbocycles. The zero-order valence-corrected chi connectivity index (χ0v) is 15.9. The highest BCUT2D eigenvalue weighted by Crippen LogP contribution is 2.33. The summed E-state index contributed by atoms with van der Waals surface area (Å²) < 4.78 is 7.01. The molecule has 0 saturated carbocycles. The van der Waals surface area contributed by atoms with Crippen LogP contribution in [-0.2, 0) is 16.1 Å². The molecule has 2 amide bonds. The number of hydrogen-bond donors (Lipinski definition) is 0. The van der Waals surface area contributed by atoms with Crippen LogP contribution in [0.25, 0.3) is 0 Å². The second-order valence-electron chi connectivity index (χ2n) is 7.44. The first kappa shape index (κ1) is 19.4. The molecule has 0 atom stereocenters. The normalized spacial score (nSPS) is 18.8. The van der Waals surface area contributed by atoms with Crippen molar-refractivity contribution in [2.75, 3.05) is 26.2 Å². The summed E-state index contributed by atoms with van der Waals surface area (Å²) in [4.78, 5) is 43.5. The van der Waals surface area contributed by atoms with Crippen molar-refractivity contribution in [2.45, 2.75) is 57.6 Å². The number of aromatic nitrogens is 2. The van der Waals surface area contributed by atoms with Gasteiger partial charge in [-0.1, -0.05) is 26.2 Å². The van der Waals surface area contributed by atoms with Gasteiger partial charge in [0.05, 0.1) is 6.54 Å². The van der Waals surface area contributed by atoms with Crippen molar-refractivity contribution >= 4 is 12.0 Å². The molecule has 27 heavy (non-hydrogen) atoms. The number of hydrogen-bond acceptors (Lipinski definition) is 5. The molecule has 2 aliphatic rings. The molecule has 0 radical (unpaired) electrons. The van der Waals surface area contributed by atoms with Crippen LogP contribution < -0.4 is 5.69 Å². The monoisotopic (exact) mass is 376 g/mol. The Morgan fingerprint density at radius 2 is 2.00 bits per heavy atom. The Hall–Kier alpha value is -2.38. The van der Waals surface area contributed by atoms with Crippen LogP contribution in [0.1, 0.15) is 45.4 Å².